The lowest BCUT2D eigenvalue weighted by Crippen LogP contribution is -2.50. The normalized spacial score (nSPS) is 29.2. The number of nitrogens with one attached hydrogen (secondary N) is 2. The maximum absolute atomic E-state index is 13.8. The van der Waals surface area contributed by atoms with Crippen LogP contribution in [0.4, 0.5) is 0 Å². The van der Waals surface area contributed by atoms with Crippen LogP contribution in [0.5, 0.6) is 0 Å². The van der Waals surface area contributed by atoms with Gasteiger partial charge in [0.25, 0.3) is 11.5 Å². The molecule has 1 amide bonds. The van der Waals surface area contributed by atoms with Crippen LogP contribution in [0.2, 0.25) is 0 Å². The van der Waals surface area contributed by atoms with Crippen LogP contribution in [0.1, 0.15) is 87.2 Å². The summed E-state index contributed by atoms with van der Waals surface area (Å²) in [6.07, 6.45) is 13.4. The molecule has 1 aromatic heterocycles. The van der Waals surface area contributed by atoms with Crippen LogP contribution in [0, 0.1) is 0 Å². The third kappa shape index (κ3) is 4.77. The molecule has 2 aromatic rings. The molecule has 3 aliphatic heterocycles. The predicted molar refractivity (Wildman–Crippen MR) is 141 cm³/mol. The largest absolute Gasteiger partial charge is 0.347 e. The number of piperidine rings is 1. The highest BCUT2D eigenvalue weighted by molar-refractivity contribution is 5.93. The summed E-state index contributed by atoms with van der Waals surface area (Å²) < 4.78 is 1.89. The number of amides is 1. The summed E-state index contributed by atoms with van der Waals surface area (Å²) in [6.45, 7) is 0.240. The van der Waals surface area contributed by atoms with Crippen molar-refractivity contribution in [2.75, 3.05) is 13.6 Å². The van der Waals surface area contributed by atoms with Crippen molar-refractivity contribution in [2.45, 2.75) is 101 Å². The van der Waals surface area contributed by atoms with Crippen LogP contribution in [0.25, 0.3) is 11.0 Å². The first-order valence-electron chi connectivity index (χ1n) is 14.1. The number of nitrogens with zero attached hydrogens (tertiary/aromatic N) is 6. The fourth-order valence-corrected chi connectivity index (χ4v) is 7.14. The highest BCUT2D eigenvalue weighted by Crippen LogP contribution is 2.44. The molecule has 0 radical (unpaired) electrons. The topological polar surface area (TPSA) is 107 Å². The lowest BCUT2D eigenvalue weighted by molar-refractivity contribution is 0.0497. The number of hydrazine groups is 1. The molecule has 1 saturated carbocycles. The Balaban J connectivity index is 1.27. The number of carbonyl (C=O) groups is 1. The molecule has 1 aliphatic carbocycles. The van der Waals surface area contributed by atoms with Crippen molar-refractivity contribution in [3.05, 3.63) is 40.3 Å². The van der Waals surface area contributed by atoms with Crippen LogP contribution < -0.4 is 16.4 Å². The first-order valence-corrected chi connectivity index (χ1v) is 14.1. The van der Waals surface area contributed by atoms with E-state index in [0.29, 0.717) is 23.6 Å². The molecule has 0 spiro atoms. The summed E-state index contributed by atoms with van der Waals surface area (Å²) in [5, 5.41) is 12.3. The Bertz CT molecular complexity index is 1210. The van der Waals surface area contributed by atoms with Gasteiger partial charge in [0.1, 0.15) is 0 Å². The van der Waals surface area contributed by atoms with Gasteiger partial charge >= 0.3 is 0 Å². The zero-order valence-corrected chi connectivity index (χ0v) is 21.7. The molecule has 1 aromatic carbocycles. The van der Waals surface area contributed by atoms with Crippen molar-refractivity contribution in [3.63, 3.8) is 0 Å². The molecule has 4 heterocycles. The summed E-state index contributed by atoms with van der Waals surface area (Å²) in [7, 11) is 1.80. The molecule has 2 bridgehead atoms. The Morgan fingerprint density at radius 1 is 0.973 bits per heavy atom. The third-order valence-corrected chi connectivity index (χ3v) is 8.92. The summed E-state index contributed by atoms with van der Waals surface area (Å²) in [5.41, 5.74) is 3.89. The van der Waals surface area contributed by atoms with E-state index in [-0.39, 0.29) is 30.0 Å². The third-order valence-electron chi connectivity index (χ3n) is 8.92. The Morgan fingerprint density at radius 2 is 1.68 bits per heavy atom. The van der Waals surface area contributed by atoms with E-state index < -0.39 is 5.91 Å². The van der Waals surface area contributed by atoms with Crippen LogP contribution in [0.15, 0.2) is 39.4 Å². The molecular formula is C27H38N8O2. The molecule has 6 rings (SSSR count). The first kappa shape index (κ1) is 24.5. The van der Waals surface area contributed by atoms with Gasteiger partial charge in [-0.3, -0.25) is 14.5 Å². The Morgan fingerprint density at radius 3 is 2.38 bits per heavy atom. The van der Waals surface area contributed by atoms with Crippen LogP contribution in [-0.2, 0) is 0 Å². The average Bonchev–Trinajstić information content (AvgIpc) is 3.40. The van der Waals surface area contributed by atoms with Gasteiger partial charge in [-0.15, -0.1) is 5.11 Å². The van der Waals surface area contributed by atoms with Gasteiger partial charge in [0, 0.05) is 31.2 Å². The highest BCUT2D eigenvalue weighted by atomic mass is 16.2. The molecule has 37 heavy (non-hydrogen) atoms. The lowest BCUT2D eigenvalue weighted by atomic mass is 9.89. The van der Waals surface area contributed by atoms with E-state index in [1.165, 1.54) is 57.8 Å². The van der Waals surface area contributed by atoms with Gasteiger partial charge in [-0.2, -0.15) is 5.01 Å². The molecule has 2 unspecified atom stereocenters. The molecule has 198 valence electrons. The molecule has 2 saturated heterocycles. The van der Waals surface area contributed by atoms with Gasteiger partial charge in [-0.05, 0) is 50.7 Å². The molecule has 10 nitrogen and oxygen atoms in total. The summed E-state index contributed by atoms with van der Waals surface area (Å²) in [6, 6.07) is 9.51. The SMILES string of the molecule is CN1NN=NC1CNC(=O)c1nc2ccccc2n(C2C[C@H]3CC[C@@H](C2)N3C2CCCCCCC2)c1=O. The Hall–Kier alpha value is -2.85. The second-order valence-electron chi connectivity index (χ2n) is 11.2. The summed E-state index contributed by atoms with van der Waals surface area (Å²) in [5.74, 6) is -0.463. The average molecular weight is 507 g/mol. The van der Waals surface area contributed by atoms with E-state index >= 15 is 0 Å². The molecule has 2 N–H and O–H groups in total. The van der Waals surface area contributed by atoms with Gasteiger partial charge in [-0.25, -0.2) is 10.5 Å². The van der Waals surface area contributed by atoms with Crippen molar-refractivity contribution >= 4 is 16.9 Å². The Labute approximate surface area is 217 Å². The fourth-order valence-electron chi connectivity index (χ4n) is 7.14. The number of likely N-dealkylation sites (N-methyl/N-ethyl adjacent to an activating group) is 1. The van der Waals surface area contributed by atoms with Gasteiger partial charge in [-0.1, -0.05) is 49.5 Å². The predicted octanol–water partition coefficient (Wildman–Crippen LogP) is 3.55. The van der Waals surface area contributed by atoms with Crippen molar-refractivity contribution in [1.82, 2.24) is 30.3 Å². The molecule has 3 fully saturated rings. The molecule has 4 atom stereocenters. The number of fused-ring (bicyclic) bond motifs is 3. The van der Waals surface area contributed by atoms with Crippen molar-refractivity contribution in [3.8, 4) is 0 Å². The van der Waals surface area contributed by atoms with E-state index in [4.69, 9.17) is 0 Å². The molecule has 10 heteroatoms. The van der Waals surface area contributed by atoms with Gasteiger partial charge < -0.3 is 9.88 Å². The zero-order valence-electron chi connectivity index (χ0n) is 21.7. The van der Waals surface area contributed by atoms with Crippen molar-refractivity contribution in [1.29, 1.82) is 0 Å². The monoisotopic (exact) mass is 506 g/mol. The maximum Gasteiger partial charge on any atom is 0.282 e. The minimum absolute atomic E-state index is 0.0426. The smallest absolute Gasteiger partial charge is 0.282 e. The minimum Gasteiger partial charge on any atom is -0.347 e. The van der Waals surface area contributed by atoms with Gasteiger partial charge in [0.2, 0.25) is 0 Å². The van der Waals surface area contributed by atoms with Crippen molar-refractivity contribution in [2.24, 2.45) is 10.3 Å². The number of benzene rings is 1. The fraction of sp³-hybridized carbons (Fsp3) is 0.667. The van der Waals surface area contributed by atoms with E-state index in [1.807, 2.05) is 28.8 Å². The minimum atomic E-state index is -0.463. The van der Waals surface area contributed by atoms with E-state index in [9.17, 15) is 9.59 Å². The van der Waals surface area contributed by atoms with Gasteiger partial charge in [0.05, 0.1) is 17.6 Å². The number of para-hydroxylation sites is 2. The van der Waals surface area contributed by atoms with E-state index in [2.05, 4.69) is 31.1 Å². The number of carbonyl (C=O) groups excluding carboxylic acids is 1. The van der Waals surface area contributed by atoms with Gasteiger partial charge in [0.15, 0.2) is 11.9 Å². The molecule has 4 aliphatic rings. The number of rotatable bonds is 5. The summed E-state index contributed by atoms with van der Waals surface area (Å²) in [4.78, 5) is 34.4. The zero-order chi connectivity index (χ0) is 25.4. The first-order chi connectivity index (χ1) is 18.1. The van der Waals surface area contributed by atoms with E-state index in [0.717, 1.165) is 18.4 Å². The second-order valence-corrected chi connectivity index (χ2v) is 11.2. The Kier molecular flexibility index (Phi) is 6.94. The number of aromatic nitrogens is 2. The van der Waals surface area contributed by atoms with Crippen LogP contribution in [0.3, 0.4) is 0 Å². The number of hydrogen-bond donors (Lipinski definition) is 2. The van der Waals surface area contributed by atoms with Crippen LogP contribution in [-0.4, -0.2) is 63.3 Å². The lowest BCUT2D eigenvalue weighted by Gasteiger charge is -2.45. The number of hydrogen-bond acceptors (Lipinski definition) is 8. The standard InChI is InChI=1S/C27H38N8O2/c1-33-24(30-31-32-33)17-28-26(36)25-27(37)35(23-12-8-7-11-22(23)29-25)21-15-19-13-14-20(16-21)34(19)18-9-5-3-2-4-6-10-18/h7-8,11-12,18-21,24H,2-6,9-10,13-17H2,1H3,(H,28,36)(H,30,32)/t19-,20+,21?,24?. The quantitative estimate of drug-likeness (QED) is 0.642. The second kappa shape index (κ2) is 10.5. The van der Waals surface area contributed by atoms with Crippen LogP contribution >= 0.6 is 0 Å². The highest BCUT2D eigenvalue weighted by Gasteiger charge is 2.44. The van der Waals surface area contributed by atoms with Crippen molar-refractivity contribution < 1.29 is 4.79 Å². The summed E-state index contributed by atoms with van der Waals surface area (Å²) >= 11 is 0. The molecular weight excluding hydrogens is 468 g/mol. The van der Waals surface area contributed by atoms with E-state index in [1.54, 1.807) is 12.1 Å². The maximum atomic E-state index is 13.8.